The van der Waals surface area contributed by atoms with Crippen LogP contribution in [-0.4, -0.2) is 59.5 Å². The molecule has 9 fully saturated rings. The maximum atomic E-state index is 6.96. The number of rotatable bonds is 0. The van der Waals surface area contributed by atoms with E-state index < -0.39 is 0 Å². The van der Waals surface area contributed by atoms with Gasteiger partial charge in [-0.2, -0.15) is 0 Å². The largest absolute Gasteiger partial charge is 0.286 e. The van der Waals surface area contributed by atoms with E-state index in [1.54, 1.807) is 0 Å². The van der Waals surface area contributed by atoms with Crippen molar-refractivity contribution in [1.29, 1.82) is 0 Å². The first kappa shape index (κ1) is 28.7. The maximum absolute atomic E-state index is 6.96. The zero-order valence-electron chi connectivity index (χ0n) is 25.0. The topological polar surface area (TPSA) is 96.2 Å². The Morgan fingerprint density at radius 3 is 0.976 bits per heavy atom. The number of hydrogen-bond acceptors (Lipinski definition) is 8. The van der Waals surface area contributed by atoms with Crippen molar-refractivity contribution in [3.8, 4) is 0 Å². The van der Waals surface area contributed by atoms with Gasteiger partial charge in [0.2, 0.25) is 0 Å². The van der Waals surface area contributed by atoms with Gasteiger partial charge in [-0.1, -0.05) is 54.5 Å². The molecule has 0 aromatic rings. The molecule has 5 aliphatic heterocycles. The molecule has 9 rings (SSSR count). The van der Waals surface area contributed by atoms with E-state index >= 15 is 0 Å². The van der Waals surface area contributed by atoms with Crippen LogP contribution in [0.4, 0.5) is 0 Å². The minimum absolute atomic E-state index is 0.199. The van der Waals surface area contributed by atoms with Crippen LogP contribution in [-0.2, 0) is 0 Å². The van der Waals surface area contributed by atoms with Crippen molar-refractivity contribution in [2.75, 3.05) is 0 Å². The molecule has 10 heteroatoms. The van der Waals surface area contributed by atoms with Crippen molar-refractivity contribution >= 4 is 27.5 Å². The number of alkyl halides is 2. The Labute approximate surface area is 266 Å². The number of fused-ring (bicyclic) bond motifs is 20. The third-order valence-corrected chi connectivity index (χ3v) is 15.9. The van der Waals surface area contributed by atoms with Crippen molar-refractivity contribution in [2.45, 2.75) is 149 Å². The monoisotopic (exact) mass is 664 g/mol. The molecular weight excluding hydrogens is 612 g/mol. The van der Waals surface area contributed by atoms with Gasteiger partial charge in [0.05, 0.1) is 49.3 Å². The van der Waals surface area contributed by atoms with Gasteiger partial charge >= 0.3 is 0 Å². The first-order chi connectivity index (χ1) is 20.6. The van der Waals surface area contributed by atoms with Crippen molar-refractivity contribution < 1.29 is 0 Å². The molecule has 9 aliphatic rings. The van der Waals surface area contributed by atoms with Gasteiger partial charge in [-0.05, 0) is 92.8 Å². The molecular formula is C32H54BrClN8. The van der Waals surface area contributed by atoms with E-state index in [-0.39, 0.29) is 11.5 Å². The molecule has 0 radical (unpaired) electrons. The minimum atomic E-state index is 0.199. The van der Waals surface area contributed by atoms with E-state index in [9.17, 15) is 0 Å². The molecule has 0 amide bonds. The van der Waals surface area contributed by atoms with E-state index in [0.29, 0.717) is 83.5 Å². The summed E-state index contributed by atoms with van der Waals surface area (Å²) < 4.78 is 0. The zero-order valence-corrected chi connectivity index (χ0v) is 27.4. The second-order valence-corrected chi connectivity index (χ2v) is 17.4. The fourth-order valence-corrected chi connectivity index (χ4v) is 13.2. The van der Waals surface area contributed by atoms with Gasteiger partial charge in [0.25, 0.3) is 0 Å². The summed E-state index contributed by atoms with van der Waals surface area (Å²) in [5.74, 6) is 5.27. The summed E-state index contributed by atoms with van der Waals surface area (Å²) in [6, 6.07) is 0. The van der Waals surface area contributed by atoms with Crippen LogP contribution in [0, 0.1) is 47.3 Å². The van der Waals surface area contributed by atoms with E-state index in [1.165, 1.54) is 83.5 Å². The molecule has 5 saturated heterocycles. The third kappa shape index (κ3) is 4.81. The van der Waals surface area contributed by atoms with Crippen molar-refractivity contribution in [2.24, 2.45) is 47.3 Å². The summed E-state index contributed by atoms with van der Waals surface area (Å²) in [6.07, 6.45) is 21.4. The molecule has 5 heterocycles. The van der Waals surface area contributed by atoms with Gasteiger partial charge in [-0.25, -0.2) is 0 Å². The van der Waals surface area contributed by atoms with Crippen molar-refractivity contribution in [1.82, 2.24) is 42.5 Å². The highest BCUT2D eigenvalue weighted by atomic mass is 79.9. The van der Waals surface area contributed by atoms with Gasteiger partial charge in [0.15, 0.2) is 0 Å². The van der Waals surface area contributed by atoms with Gasteiger partial charge in [-0.15, -0.1) is 11.6 Å². The molecule has 4 aliphatic carbocycles. The average Bonchev–Trinajstić information content (AvgIpc) is 3.74. The predicted octanol–water partition coefficient (Wildman–Crippen LogP) is 3.20. The normalized spacial score (nSPS) is 59.0. The molecule has 42 heavy (non-hydrogen) atoms. The third-order valence-electron chi connectivity index (χ3n) is 13.9. The lowest BCUT2D eigenvalue weighted by Gasteiger charge is -2.39. The predicted molar refractivity (Wildman–Crippen MR) is 170 cm³/mol. The van der Waals surface area contributed by atoms with Gasteiger partial charge in [0, 0.05) is 16.1 Å². The van der Waals surface area contributed by atoms with Crippen LogP contribution in [0.3, 0.4) is 0 Å². The van der Waals surface area contributed by atoms with Crippen LogP contribution in [0.2, 0.25) is 0 Å². The Morgan fingerprint density at radius 1 is 0.357 bits per heavy atom. The Morgan fingerprint density at radius 2 is 0.643 bits per heavy atom. The summed E-state index contributed by atoms with van der Waals surface area (Å²) >= 11 is 11.1. The highest BCUT2D eigenvalue weighted by molar-refractivity contribution is 9.09. The van der Waals surface area contributed by atoms with Gasteiger partial charge < -0.3 is 0 Å². The average molecular weight is 666 g/mol. The summed E-state index contributed by atoms with van der Waals surface area (Å²) in [5, 5.41) is 33.8. The molecule has 236 valence electrons. The Balaban J connectivity index is 1.06. The molecule has 18 atom stereocenters. The quantitative estimate of drug-likeness (QED) is 0.187. The van der Waals surface area contributed by atoms with Crippen LogP contribution in [0.25, 0.3) is 0 Å². The molecule has 0 spiro atoms. The lowest BCUT2D eigenvalue weighted by atomic mass is 9.76. The molecule has 4 saturated carbocycles. The highest BCUT2D eigenvalue weighted by Crippen LogP contribution is 2.47. The first-order valence-electron chi connectivity index (χ1n) is 18.0. The summed E-state index contributed by atoms with van der Waals surface area (Å²) in [4.78, 5) is 0.325. The standard InChI is InChI=1S/C32H54BrClN8/c33-24-22(34)14-13-21-23(24)32-41-30-20-12-6-5-11-19(20)28(39-30)37-26-16-8-2-1-7-15(16)25(35-26)36-27-17-9-3-4-10-18(17)29(38-27)40-31(21)42-32/h15-32,35-42H,1-14H2. The lowest BCUT2D eigenvalue weighted by molar-refractivity contribution is 0.170. The van der Waals surface area contributed by atoms with Gasteiger partial charge in [0.1, 0.15) is 0 Å². The maximum Gasteiger partial charge on any atom is 0.0639 e. The smallest absolute Gasteiger partial charge is 0.0639 e. The minimum Gasteiger partial charge on any atom is -0.286 e. The molecule has 8 N–H and O–H groups in total. The van der Waals surface area contributed by atoms with Crippen LogP contribution in [0.1, 0.15) is 89.9 Å². The summed E-state index contributed by atoms with van der Waals surface area (Å²) in [5.41, 5.74) is 0. The molecule has 0 aromatic heterocycles. The van der Waals surface area contributed by atoms with E-state index in [1.807, 2.05) is 0 Å². The number of halogens is 2. The highest BCUT2D eigenvalue weighted by Gasteiger charge is 2.56. The molecule has 8 nitrogen and oxygen atoms in total. The van der Waals surface area contributed by atoms with Crippen molar-refractivity contribution in [3.05, 3.63) is 0 Å². The second-order valence-electron chi connectivity index (χ2n) is 15.8. The molecule has 0 aromatic carbocycles. The Kier molecular flexibility index (Phi) is 7.92. The van der Waals surface area contributed by atoms with Crippen LogP contribution in [0.5, 0.6) is 0 Å². The van der Waals surface area contributed by atoms with Crippen LogP contribution < -0.4 is 42.5 Å². The molecule has 8 bridgehead atoms. The second kappa shape index (κ2) is 11.6. The van der Waals surface area contributed by atoms with Crippen molar-refractivity contribution in [3.63, 3.8) is 0 Å². The van der Waals surface area contributed by atoms with E-state index in [4.69, 9.17) is 11.6 Å². The van der Waals surface area contributed by atoms with E-state index in [2.05, 4.69) is 58.5 Å². The van der Waals surface area contributed by atoms with Crippen LogP contribution in [0.15, 0.2) is 0 Å². The lowest BCUT2D eigenvalue weighted by Crippen LogP contribution is -2.62. The Hall–Kier alpha value is 0.450. The van der Waals surface area contributed by atoms with Gasteiger partial charge in [-0.3, -0.25) is 42.5 Å². The zero-order chi connectivity index (χ0) is 27.9. The fourth-order valence-electron chi connectivity index (χ4n) is 11.9. The number of nitrogens with one attached hydrogen (secondary N) is 8. The van der Waals surface area contributed by atoms with E-state index in [0.717, 1.165) is 18.3 Å². The first-order valence-corrected chi connectivity index (χ1v) is 19.3. The molecule has 18 unspecified atom stereocenters. The number of hydrogen-bond donors (Lipinski definition) is 8. The fraction of sp³-hybridized carbons (Fsp3) is 1.00. The SMILES string of the molecule is ClC1CCC2C3NC4NC(NC5NC(NC6NC(NC(N3)C2C1Br)C1CCCCC61)C1CCCCC51)C1CCCCC41. The van der Waals surface area contributed by atoms with Crippen LogP contribution >= 0.6 is 27.5 Å². The summed E-state index contributed by atoms with van der Waals surface area (Å²) in [7, 11) is 0. The summed E-state index contributed by atoms with van der Waals surface area (Å²) in [6.45, 7) is 0. The Bertz CT molecular complexity index is 990.